The number of benzene rings is 1. The third-order valence-electron chi connectivity index (χ3n) is 4.63. The molecule has 0 atom stereocenters. The third kappa shape index (κ3) is 4.05. The average Bonchev–Trinajstić information content (AvgIpc) is 2.67. The highest BCUT2D eigenvalue weighted by Gasteiger charge is 2.52. The lowest BCUT2D eigenvalue weighted by Crippen LogP contribution is -2.41. The van der Waals surface area contributed by atoms with Crippen molar-refractivity contribution in [3.8, 4) is 0 Å². The molecule has 0 radical (unpaired) electrons. The fourth-order valence-corrected chi connectivity index (χ4v) is 2.40. The summed E-state index contributed by atoms with van der Waals surface area (Å²) in [6, 6.07) is 4.89. The number of nitrogens with one attached hydrogen (secondary N) is 1. The van der Waals surface area contributed by atoms with E-state index in [1.807, 2.05) is 33.8 Å². The lowest BCUT2D eigenvalue weighted by atomic mass is 9.77. The number of halogens is 1. The van der Waals surface area contributed by atoms with Crippen molar-refractivity contribution in [3.63, 3.8) is 0 Å². The molecule has 4 nitrogen and oxygen atoms in total. The molecule has 0 bridgehead atoms. The summed E-state index contributed by atoms with van der Waals surface area (Å²) < 4.78 is 25.6. The predicted molar refractivity (Wildman–Crippen MR) is 93.9 cm³/mol. The molecule has 0 aliphatic carbocycles. The molecule has 2 rings (SSSR count). The number of hydrogen-bond acceptors (Lipinski definition) is 3. The first-order valence-electron chi connectivity index (χ1n) is 8.08. The summed E-state index contributed by atoms with van der Waals surface area (Å²) in [5.74, 6) is -0.376. The van der Waals surface area contributed by atoms with Crippen molar-refractivity contribution in [1.29, 1.82) is 0 Å². The quantitative estimate of drug-likeness (QED) is 0.860. The largest absolute Gasteiger partial charge is 0.492 e. The molecular weight excluding hydrogens is 308 g/mol. The Morgan fingerprint density at radius 3 is 2.33 bits per heavy atom. The molecule has 1 saturated heterocycles. The SMILES string of the molecule is CC(=O)NCC(=Cc1ccc(F)c(C)c1)B1OC(C)(C)C(C)(C)O1. The Hall–Kier alpha value is -1.66. The van der Waals surface area contributed by atoms with Gasteiger partial charge in [-0.15, -0.1) is 0 Å². The van der Waals surface area contributed by atoms with Crippen LogP contribution in [0.15, 0.2) is 23.7 Å². The van der Waals surface area contributed by atoms with Crippen LogP contribution in [-0.4, -0.2) is 30.8 Å². The van der Waals surface area contributed by atoms with Gasteiger partial charge in [0.05, 0.1) is 11.2 Å². The van der Waals surface area contributed by atoms with Crippen molar-refractivity contribution in [3.05, 3.63) is 40.6 Å². The maximum atomic E-state index is 13.5. The first-order chi connectivity index (χ1) is 11.0. The summed E-state index contributed by atoms with van der Waals surface area (Å²) in [6.45, 7) is 11.4. The molecule has 1 amide bonds. The van der Waals surface area contributed by atoms with Crippen LogP contribution in [0, 0.1) is 12.7 Å². The van der Waals surface area contributed by atoms with Crippen LogP contribution in [0.3, 0.4) is 0 Å². The summed E-state index contributed by atoms with van der Waals surface area (Å²) >= 11 is 0. The van der Waals surface area contributed by atoms with E-state index in [1.165, 1.54) is 13.0 Å². The minimum absolute atomic E-state index is 0.132. The lowest BCUT2D eigenvalue weighted by molar-refractivity contribution is -0.118. The molecular formula is C18H25BFNO3. The van der Waals surface area contributed by atoms with Gasteiger partial charge in [-0.1, -0.05) is 12.1 Å². The van der Waals surface area contributed by atoms with Gasteiger partial charge in [-0.05, 0) is 63.4 Å². The molecule has 1 N–H and O–H groups in total. The fraction of sp³-hybridized carbons (Fsp3) is 0.500. The van der Waals surface area contributed by atoms with Crippen LogP contribution < -0.4 is 5.32 Å². The molecule has 0 unspecified atom stereocenters. The molecule has 1 fully saturated rings. The van der Waals surface area contributed by atoms with Crippen LogP contribution in [0.1, 0.15) is 45.7 Å². The van der Waals surface area contributed by atoms with E-state index in [1.54, 1.807) is 19.1 Å². The molecule has 6 heteroatoms. The van der Waals surface area contributed by atoms with Crippen LogP contribution in [-0.2, 0) is 14.1 Å². The second-order valence-corrected chi connectivity index (χ2v) is 7.23. The van der Waals surface area contributed by atoms with E-state index in [4.69, 9.17) is 9.31 Å². The van der Waals surface area contributed by atoms with E-state index < -0.39 is 18.3 Å². The van der Waals surface area contributed by atoms with E-state index >= 15 is 0 Å². The smallest absolute Gasteiger partial charge is 0.400 e. The number of rotatable bonds is 4. The van der Waals surface area contributed by atoms with E-state index in [-0.39, 0.29) is 11.7 Å². The monoisotopic (exact) mass is 333 g/mol. The molecule has 130 valence electrons. The van der Waals surface area contributed by atoms with Gasteiger partial charge in [0.25, 0.3) is 0 Å². The minimum atomic E-state index is -0.563. The Bertz CT molecular complexity index is 654. The van der Waals surface area contributed by atoms with Gasteiger partial charge in [0, 0.05) is 13.5 Å². The van der Waals surface area contributed by atoms with Crippen molar-refractivity contribution in [2.45, 2.75) is 52.7 Å². The maximum Gasteiger partial charge on any atom is 0.492 e. The number of carbonyl (C=O) groups excluding carboxylic acids is 1. The van der Waals surface area contributed by atoms with Crippen molar-refractivity contribution >= 4 is 19.1 Å². The normalized spacial score (nSPS) is 19.5. The summed E-state index contributed by atoms with van der Waals surface area (Å²) in [7, 11) is -0.563. The summed E-state index contributed by atoms with van der Waals surface area (Å²) in [4.78, 5) is 11.3. The van der Waals surface area contributed by atoms with Gasteiger partial charge in [0.15, 0.2) is 0 Å². The zero-order valence-corrected chi connectivity index (χ0v) is 15.2. The van der Waals surface area contributed by atoms with E-state index in [0.717, 1.165) is 11.0 Å². The molecule has 0 aromatic heterocycles. The van der Waals surface area contributed by atoms with Crippen LogP contribution in [0.4, 0.5) is 4.39 Å². The van der Waals surface area contributed by atoms with Crippen molar-refractivity contribution in [2.75, 3.05) is 6.54 Å². The maximum absolute atomic E-state index is 13.5. The summed E-state index contributed by atoms with van der Waals surface area (Å²) in [5, 5.41) is 2.78. The first-order valence-corrected chi connectivity index (χ1v) is 8.08. The lowest BCUT2D eigenvalue weighted by Gasteiger charge is -2.32. The van der Waals surface area contributed by atoms with E-state index in [0.29, 0.717) is 12.1 Å². The molecule has 0 spiro atoms. The molecule has 24 heavy (non-hydrogen) atoms. The second-order valence-electron chi connectivity index (χ2n) is 7.23. The van der Waals surface area contributed by atoms with Crippen molar-refractivity contribution in [2.24, 2.45) is 0 Å². The number of carbonyl (C=O) groups is 1. The van der Waals surface area contributed by atoms with Gasteiger partial charge in [-0.2, -0.15) is 0 Å². The van der Waals surface area contributed by atoms with Crippen molar-refractivity contribution < 1.29 is 18.5 Å². The number of hydrogen-bond donors (Lipinski definition) is 1. The van der Waals surface area contributed by atoms with Crippen LogP contribution in [0.2, 0.25) is 0 Å². The van der Waals surface area contributed by atoms with Gasteiger partial charge >= 0.3 is 7.12 Å². The summed E-state index contributed by atoms with van der Waals surface area (Å²) in [5.41, 5.74) is 1.26. The Morgan fingerprint density at radius 1 is 1.25 bits per heavy atom. The third-order valence-corrected chi connectivity index (χ3v) is 4.63. The highest BCUT2D eigenvalue weighted by atomic mass is 19.1. The number of amides is 1. The van der Waals surface area contributed by atoms with E-state index in [9.17, 15) is 9.18 Å². The van der Waals surface area contributed by atoms with E-state index in [2.05, 4.69) is 5.32 Å². The van der Waals surface area contributed by atoms with Gasteiger partial charge in [0.1, 0.15) is 5.82 Å². The van der Waals surface area contributed by atoms with Crippen molar-refractivity contribution in [1.82, 2.24) is 5.32 Å². The Labute approximate surface area is 143 Å². The Morgan fingerprint density at radius 2 is 1.83 bits per heavy atom. The minimum Gasteiger partial charge on any atom is -0.400 e. The van der Waals surface area contributed by atoms with Crippen LogP contribution in [0.5, 0.6) is 0 Å². The topological polar surface area (TPSA) is 47.6 Å². The molecule has 0 saturated carbocycles. The molecule has 1 aliphatic rings. The predicted octanol–water partition coefficient (Wildman–Crippen LogP) is 3.29. The Kier molecular flexibility index (Phi) is 5.21. The zero-order chi connectivity index (χ0) is 18.1. The first kappa shape index (κ1) is 18.7. The fourth-order valence-electron chi connectivity index (χ4n) is 2.40. The highest BCUT2D eigenvalue weighted by molar-refractivity contribution is 6.56. The Balaban J connectivity index is 2.33. The highest BCUT2D eigenvalue weighted by Crippen LogP contribution is 2.38. The molecule has 1 aliphatic heterocycles. The van der Waals surface area contributed by atoms with Gasteiger partial charge in [-0.3, -0.25) is 4.79 Å². The van der Waals surface area contributed by atoms with Crippen LogP contribution in [0.25, 0.3) is 6.08 Å². The standard InChI is InChI=1S/C18H25BFNO3/c1-12-9-14(7-8-16(12)20)10-15(11-21-13(2)22)19-23-17(3,4)18(5,6)24-19/h7-10H,11H2,1-6H3,(H,21,22). The number of aryl methyl sites for hydroxylation is 1. The second kappa shape index (κ2) is 6.69. The zero-order valence-electron chi connectivity index (χ0n) is 15.2. The molecule has 1 aromatic carbocycles. The van der Waals surface area contributed by atoms with Gasteiger partial charge < -0.3 is 14.6 Å². The van der Waals surface area contributed by atoms with Gasteiger partial charge in [-0.25, -0.2) is 4.39 Å². The van der Waals surface area contributed by atoms with Crippen LogP contribution >= 0.6 is 0 Å². The summed E-state index contributed by atoms with van der Waals surface area (Å²) in [6.07, 6.45) is 1.88. The average molecular weight is 333 g/mol. The molecule has 1 aromatic rings. The van der Waals surface area contributed by atoms with Gasteiger partial charge in [0.2, 0.25) is 5.91 Å². The molecule has 1 heterocycles.